The van der Waals surface area contributed by atoms with Crippen molar-refractivity contribution in [3.63, 3.8) is 0 Å². The normalized spacial score (nSPS) is 11.8. The summed E-state index contributed by atoms with van der Waals surface area (Å²) in [5.74, 6) is 0.253. The fraction of sp³-hybridized carbons (Fsp3) is 0.375. The van der Waals surface area contributed by atoms with Gasteiger partial charge in [0.2, 0.25) is 5.95 Å². The first-order chi connectivity index (χ1) is 12.0. The van der Waals surface area contributed by atoms with Crippen LogP contribution in [0.1, 0.15) is 35.9 Å². The van der Waals surface area contributed by atoms with Crippen molar-refractivity contribution in [2.75, 3.05) is 17.7 Å². The van der Waals surface area contributed by atoms with Gasteiger partial charge in [0, 0.05) is 0 Å². The Morgan fingerprint density at radius 3 is 2.88 bits per heavy atom. The van der Waals surface area contributed by atoms with Crippen molar-refractivity contribution in [1.29, 1.82) is 0 Å². The van der Waals surface area contributed by atoms with E-state index >= 15 is 0 Å². The van der Waals surface area contributed by atoms with Crippen molar-refractivity contribution in [3.8, 4) is 5.75 Å². The number of carbonyl (C=O) groups excluding carboxylic acids is 1. The molecule has 0 saturated carbocycles. The summed E-state index contributed by atoms with van der Waals surface area (Å²) in [4.78, 5) is 23.3. The number of ether oxygens (including phenoxy) is 1. The number of anilines is 2. The lowest BCUT2D eigenvalue weighted by atomic mass is 10.2. The molecule has 134 valence electrons. The number of nitrogens with one attached hydrogen (secondary N) is 1. The van der Waals surface area contributed by atoms with Gasteiger partial charge in [-0.15, -0.1) is 0 Å². The molecule has 0 bridgehead atoms. The van der Waals surface area contributed by atoms with Gasteiger partial charge in [-0.3, -0.25) is 4.79 Å². The second-order valence-electron chi connectivity index (χ2n) is 5.42. The monoisotopic (exact) mass is 346 g/mol. The summed E-state index contributed by atoms with van der Waals surface area (Å²) >= 11 is 0. The Kier molecular flexibility index (Phi) is 6.47. The molecule has 0 unspecified atom stereocenters. The van der Waals surface area contributed by atoms with Crippen LogP contribution in [0.3, 0.4) is 0 Å². The lowest BCUT2D eigenvalue weighted by Gasteiger charge is -2.18. The van der Waals surface area contributed by atoms with Crippen LogP contribution in [0.15, 0.2) is 24.4 Å². The molecule has 2 aromatic heterocycles. The van der Waals surface area contributed by atoms with E-state index in [4.69, 9.17) is 16.2 Å². The van der Waals surface area contributed by atoms with Crippen LogP contribution in [0, 0.1) is 0 Å². The zero-order chi connectivity index (χ0) is 18.2. The first-order valence-corrected chi connectivity index (χ1v) is 7.92. The molecular formula is C16H22N6O3. The van der Waals surface area contributed by atoms with E-state index in [1.54, 1.807) is 12.1 Å². The Labute approximate surface area is 145 Å². The molecule has 0 fully saturated rings. The van der Waals surface area contributed by atoms with Crippen LogP contribution in [0.2, 0.25) is 0 Å². The van der Waals surface area contributed by atoms with Crippen molar-refractivity contribution in [3.05, 3.63) is 35.8 Å². The largest absolute Gasteiger partial charge is 0.482 e. The minimum Gasteiger partial charge on any atom is -0.482 e. The van der Waals surface area contributed by atoms with Gasteiger partial charge >= 0.3 is 0 Å². The molecule has 9 nitrogen and oxygen atoms in total. The van der Waals surface area contributed by atoms with Crippen molar-refractivity contribution in [2.24, 2.45) is 5.73 Å². The molecule has 0 aliphatic heterocycles. The number of nitrogen functional groups attached to an aromatic ring is 1. The zero-order valence-corrected chi connectivity index (χ0v) is 14.0. The van der Waals surface area contributed by atoms with Gasteiger partial charge in [0.1, 0.15) is 12.3 Å². The van der Waals surface area contributed by atoms with Gasteiger partial charge < -0.3 is 26.6 Å². The van der Waals surface area contributed by atoms with Gasteiger partial charge in [-0.2, -0.15) is 4.98 Å². The molecule has 2 aromatic rings. The highest BCUT2D eigenvalue weighted by Crippen LogP contribution is 2.24. The molecule has 1 atom stereocenters. The number of aromatic nitrogens is 3. The van der Waals surface area contributed by atoms with E-state index in [2.05, 4.69) is 20.3 Å². The van der Waals surface area contributed by atoms with Crippen LogP contribution in [0.4, 0.5) is 11.8 Å². The smallest absolute Gasteiger partial charge is 0.267 e. The van der Waals surface area contributed by atoms with Crippen LogP contribution < -0.4 is 21.5 Å². The number of pyridine rings is 1. The number of rotatable bonds is 9. The fourth-order valence-corrected chi connectivity index (χ4v) is 2.19. The highest BCUT2D eigenvalue weighted by molar-refractivity contribution is 5.90. The van der Waals surface area contributed by atoms with E-state index in [9.17, 15) is 9.90 Å². The second-order valence-corrected chi connectivity index (χ2v) is 5.42. The van der Waals surface area contributed by atoms with E-state index < -0.39 is 5.91 Å². The Bertz CT molecular complexity index is 725. The highest BCUT2D eigenvalue weighted by atomic mass is 16.5. The van der Waals surface area contributed by atoms with Crippen LogP contribution in [0.25, 0.3) is 0 Å². The lowest BCUT2D eigenvalue weighted by molar-refractivity contribution is 0.0995. The van der Waals surface area contributed by atoms with E-state index in [0.29, 0.717) is 17.3 Å². The number of amides is 1. The quantitative estimate of drug-likeness (QED) is 0.518. The van der Waals surface area contributed by atoms with Crippen LogP contribution in [-0.2, 0) is 6.61 Å². The molecular weight excluding hydrogens is 324 g/mol. The Morgan fingerprint density at radius 1 is 1.40 bits per heavy atom. The Balaban J connectivity index is 2.13. The van der Waals surface area contributed by atoms with Gasteiger partial charge in [0.15, 0.2) is 11.6 Å². The predicted molar refractivity (Wildman–Crippen MR) is 92.9 cm³/mol. The minimum absolute atomic E-state index is 0.0423. The van der Waals surface area contributed by atoms with E-state index in [0.717, 1.165) is 12.8 Å². The van der Waals surface area contributed by atoms with Crippen LogP contribution in [0.5, 0.6) is 5.75 Å². The molecule has 2 rings (SSSR count). The first kappa shape index (κ1) is 18.4. The lowest BCUT2D eigenvalue weighted by Crippen LogP contribution is -2.24. The predicted octanol–water partition coefficient (Wildman–Crippen LogP) is 0.705. The average Bonchev–Trinajstić information content (AvgIpc) is 2.60. The molecule has 25 heavy (non-hydrogen) atoms. The van der Waals surface area contributed by atoms with Gasteiger partial charge in [0.05, 0.1) is 24.5 Å². The molecule has 1 amide bonds. The van der Waals surface area contributed by atoms with Gasteiger partial charge in [0.25, 0.3) is 5.91 Å². The molecule has 0 spiro atoms. The maximum atomic E-state index is 11.2. The average molecular weight is 346 g/mol. The third-order valence-electron chi connectivity index (χ3n) is 3.41. The summed E-state index contributed by atoms with van der Waals surface area (Å²) in [6.07, 6.45) is 3.11. The van der Waals surface area contributed by atoms with Gasteiger partial charge in [-0.1, -0.05) is 19.4 Å². The van der Waals surface area contributed by atoms with Gasteiger partial charge in [-0.25, -0.2) is 9.97 Å². The summed E-state index contributed by atoms with van der Waals surface area (Å²) in [5, 5.41) is 12.5. The zero-order valence-electron chi connectivity index (χ0n) is 14.0. The van der Waals surface area contributed by atoms with Crippen molar-refractivity contribution in [1.82, 2.24) is 15.0 Å². The number of hydrogen-bond donors (Lipinski definition) is 4. The minimum atomic E-state index is -0.606. The number of nitrogens with zero attached hydrogens (tertiary/aromatic N) is 3. The van der Waals surface area contributed by atoms with Gasteiger partial charge in [-0.05, 0) is 18.6 Å². The molecule has 0 aliphatic rings. The third-order valence-corrected chi connectivity index (χ3v) is 3.41. The van der Waals surface area contributed by atoms with Crippen molar-refractivity contribution >= 4 is 17.7 Å². The molecule has 0 radical (unpaired) electrons. The fourth-order valence-electron chi connectivity index (χ4n) is 2.19. The molecule has 0 saturated heterocycles. The maximum absolute atomic E-state index is 11.2. The second kappa shape index (κ2) is 8.78. The summed E-state index contributed by atoms with van der Waals surface area (Å²) in [6.45, 7) is 2.08. The van der Waals surface area contributed by atoms with Crippen molar-refractivity contribution in [2.45, 2.75) is 32.4 Å². The van der Waals surface area contributed by atoms with Crippen LogP contribution >= 0.6 is 0 Å². The number of carbonyl (C=O) groups is 1. The van der Waals surface area contributed by atoms with Crippen LogP contribution in [-0.4, -0.2) is 38.6 Å². The summed E-state index contributed by atoms with van der Waals surface area (Å²) in [5.41, 5.74) is 11.6. The first-order valence-electron chi connectivity index (χ1n) is 7.92. The molecule has 6 N–H and O–H groups in total. The topological polar surface area (TPSA) is 149 Å². The van der Waals surface area contributed by atoms with E-state index in [1.165, 1.54) is 12.3 Å². The van der Waals surface area contributed by atoms with Crippen molar-refractivity contribution < 1.29 is 14.6 Å². The standard InChI is InChI=1S/C16H22N6O3/c1-2-4-10(8-23)21-15-13(7-19-16(18)22-15)25-9-11-5-3-6-12(20-11)14(17)24/h3,5-7,10,23H,2,4,8-9H2,1H3,(H2,17,24)(H3,18,19,21,22)/t10-/m0/s1. The van der Waals surface area contributed by atoms with E-state index in [-0.39, 0.29) is 30.9 Å². The SMILES string of the molecule is CCC[C@@H](CO)Nc1nc(N)ncc1OCc1cccc(C(N)=O)n1. The number of nitrogens with two attached hydrogens (primary N) is 2. The number of aliphatic hydroxyl groups excluding tert-OH is 1. The Hall–Kier alpha value is -2.94. The number of primary amides is 1. The number of aliphatic hydroxyl groups is 1. The van der Waals surface area contributed by atoms with E-state index in [1.807, 2.05) is 6.92 Å². The maximum Gasteiger partial charge on any atom is 0.267 e. The summed E-state index contributed by atoms with van der Waals surface area (Å²) in [7, 11) is 0. The third kappa shape index (κ3) is 5.28. The Morgan fingerprint density at radius 2 is 2.20 bits per heavy atom. The molecule has 0 aromatic carbocycles. The highest BCUT2D eigenvalue weighted by Gasteiger charge is 2.13. The molecule has 2 heterocycles. The summed E-state index contributed by atoms with van der Waals surface area (Å²) in [6, 6.07) is 4.75. The molecule has 9 heteroatoms. The summed E-state index contributed by atoms with van der Waals surface area (Å²) < 4.78 is 5.70. The molecule has 0 aliphatic carbocycles. The number of hydrogen-bond acceptors (Lipinski definition) is 8.